The van der Waals surface area contributed by atoms with Crippen LogP contribution in [-0.2, 0) is 4.79 Å². The highest BCUT2D eigenvalue weighted by Crippen LogP contribution is 2.32. The highest BCUT2D eigenvalue weighted by atomic mass is 35.5. The molecule has 24 heavy (non-hydrogen) atoms. The first-order valence-corrected chi connectivity index (χ1v) is 8.58. The van der Waals surface area contributed by atoms with E-state index < -0.39 is 5.97 Å². The van der Waals surface area contributed by atoms with E-state index >= 15 is 0 Å². The summed E-state index contributed by atoms with van der Waals surface area (Å²) in [4.78, 5) is 18.2. The number of piperidine rings is 1. The van der Waals surface area contributed by atoms with Crippen LogP contribution in [0.3, 0.4) is 0 Å². The molecule has 5 heteroatoms. The molecular weight excluding hydrogens is 324 g/mol. The fourth-order valence-electron chi connectivity index (χ4n) is 3.37. The third-order valence-electron chi connectivity index (χ3n) is 4.60. The van der Waals surface area contributed by atoms with Gasteiger partial charge in [-0.25, -0.2) is 0 Å². The predicted molar refractivity (Wildman–Crippen MR) is 94.2 cm³/mol. The maximum absolute atomic E-state index is 11.2. The number of halogens is 1. The molecule has 3 rings (SSSR count). The van der Waals surface area contributed by atoms with Crippen molar-refractivity contribution in [2.45, 2.75) is 25.8 Å². The lowest BCUT2D eigenvalue weighted by Crippen LogP contribution is -2.39. The fourth-order valence-corrected chi connectivity index (χ4v) is 3.57. The smallest absolute Gasteiger partial charge is 0.306 e. The van der Waals surface area contributed by atoms with Crippen molar-refractivity contribution in [3.63, 3.8) is 0 Å². The molecule has 1 aromatic heterocycles. The number of aliphatic carboxylic acids is 1. The molecule has 1 aliphatic rings. The van der Waals surface area contributed by atoms with Gasteiger partial charge in [0.1, 0.15) is 0 Å². The second kappa shape index (κ2) is 7.32. The monoisotopic (exact) mass is 344 g/mol. The van der Waals surface area contributed by atoms with Gasteiger partial charge in [0, 0.05) is 10.7 Å². The number of carboxylic acid groups (broad SMARTS) is 1. The summed E-state index contributed by atoms with van der Waals surface area (Å²) in [6.45, 7) is 3.46. The van der Waals surface area contributed by atoms with E-state index in [9.17, 15) is 9.90 Å². The van der Waals surface area contributed by atoms with E-state index in [4.69, 9.17) is 16.6 Å². The van der Waals surface area contributed by atoms with Gasteiger partial charge in [0.25, 0.3) is 0 Å². The molecule has 1 saturated heterocycles. The van der Waals surface area contributed by atoms with Crippen molar-refractivity contribution < 1.29 is 9.90 Å². The average Bonchev–Trinajstić information content (AvgIpc) is 2.56. The summed E-state index contributed by atoms with van der Waals surface area (Å²) in [5.41, 5.74) is 3.04. The Labute approximate surface area is 147 Å². The quantitative estimate of drug-likeness (QED) is 0.913. The van der Waals surface area contributed by atoms with Crippen LogP contribution in [0.25, 0.3) is 0 Å². The van der Waals surface area contributed by atoms with Gasteiger partial charge in [-0.15, -0.1) is 0 Å². The zero-order chi connectivity index (χ0) is 17.1. The van der Waals surface area contributed by atoms with Crippen molar-refractivity contribution in [2.24, 2.45) is 5.92 Å². The third kappa shape index (κ3) is 3.77. The number of carbonyl (C=O) groups is 1. The first-order chi connectivity index (χ1) is 11.5. The molecule has 2 aromatic rings. The second-order valence-corrected chi connectivity index (χ2v) is 6.75. The van der Waals surface area contributed by atoms with E-state index in [1.165, 1.54) is 0 Å². The molecule has 0 saturated carbocycles. The topological polar surface area (TPSA) is 53.4 Å². The maximum Gasteiger partial charge on any atom is 0.306 e. The van der Waals surface area contributed by atoms with Crippen LogP contribution in [0, 0.1) is 12.8 Å². The average molecular weight is 345 g/mol. The molecule has 0 aliphatic carbocycles. The summed E-state index contributed by atoms with van der Waals surface area (Å²) < 4.78 is 0. The van der Waals surface area contributed by atoms with E-state index in [2.05, 4.69) is 11.0 Å². The van der Waals surface area contributed by atoms with Crippen LogP contribution in [0.5, 0.6) is 0 Å². The number of hydrogen-bond acceptors (Lipinski definition) is 3. The molecule has 4 nitrogen and oxygen atoms in total. The van der Waals surface area contributed by atoms with Crippen LogP contribution in [0.4, 0.5) is 0 Å². The van der Waals surface area contributed by atoms with Gasteiger partial charge in [0.15, 0.2) is 0 Å². The molecule has 2 heterocycles. The summed E-state index contributed by atoms with van der Waals surface area (Å²) in [6, 6.07) is 13.9. The van der Waals surface area contributed by atoms with Gasteiger partial charge in [-0.3, -0.25) is 14.7 Å². The summed E-state index contributed by atoms with van der Waals surface area (Å²) >= 11 is 6.19. The Balaban J connectivity index is 1.93. The van der Waals surface area contributed by atoms with Crippen LogP contribution in [0.1, 0.15) is 35.8 Å². The van der Waals surface area contributed by atoms with Gasteiger partial charge < -0.3 is 5.11 Å². The zero-order valence-electron chi connectivity index (χ0n) is 13.7. The first-order valence-electron chi connectivity index (χ1n) is 8.20. The van der Waals surface area contributed by atoms with Gasteiger partial charge in [-0.05, 0) is 62.7 Å². The predicted octanol–water partition coefficient (Wildman–Crippen LogP) is 3.93. The molecule has 1 fully saturated rings. The summed E-state index contributed by atoms with van der Waals surface area (Å²) in [5.74, 6) is -0.936. The fraction of sp³-hybridized carbons (Fsp3) is 0.368. The number of hydrogen-bond donors (Lipinski definition) is 1. The second-order valence-electron chi connectivity index (χ2n) is 6.31. The van der Waals surface area contributed by atoms with Crippen molar-refractivity contribution in [3.05, 3.63) is 64.4 Å². The van der Waals surface area contributed by atoms with Crippen molar-refractivity contribution in [2.75, 3.05) is 13.1 Å². The minimum atomic E-state index is -0.692. The lowest BCUT2D eigenvalue weighted by atomic mass is 9.93. The van der Waals surface area contributed by atoms with Crippen LogP contribution >= 0.6 is 11.6 Å². The molecule has 1 N–H and O–H groups in total. The van der Waals surface area contributed by atoms with Crippen molar-refractivity contribution in [1.29, 1.82) is 0 Å². The van der Waals surface area contributed by atoms with Crippen LogP contribution in [-0.4, -0.2) is 34.0 Å². The van der Waals surface area contributed by atoms with E-state index in [0.717, 1.165) is 30.0 Å². The minimum Gasteiger partial charge on any atom is -0.481 e. The van der Waals surface area contributed by atoms with E-state index in [0.29, 0.717) is 17.9 Å². The maximum atomic E-state index is 11.2. The normalized spacial score (nSPS) is 17.6. The Hall–Kier alpha value is -1.91. The zero-order valence-corrected chi connectivity index (χ0v) is 14.4. The van der Waals surface area contributed by atoms with Gasteiger partial charge in [0.05, 0.1) is 17.7 Å². The molecule has 1 unspecified atom stereocenters. The molecular formula is C19H21ClN2O2. The number of aromatic nitrogens is 1. The molecule has 1 aliphatic heterocycles. The first kappa shape index (κ1) is 16.9. The number of benzene rings is 1. The van der Waals surface area contributed by atoms with E-state index in [1.54, 1.807) is 0 Å². The Kier molecular flexibility index (Phi) is 5.17. The minimum absolute atomic E-state index is 0.00153. The Bertz CT molecular complexity index is 681. The van der Waals surface area contributed by atoms with E-state index in [1.807, 2.05) is 43.3 Å². The molecule has 0 amide bonds. The van der Waals surface area contributed by atoms with Gasteiger partial charge in [0.2, 0.25) is 0 Å². The van der Waals surface area contributed by atoms with Crippen LogP contribution < -0.4 is 0 Å². The molecule has 0 bridgehead atoms. The lowest BCUT2D eigenvalue weighted by Gasteiger charge is -2.36. The van der Waals surface area contributed by atoms with Crippen molar-refractivity contribution in [1.82, 2.24) is 9.88 Å². The number of pyridine rings is 1. The van der Waals surface area contributed by atoms with Gasteiger partial charge in [-0.2, -0.15) is 0 Å². The molecule has 0 radical (unpaired) electrons. The SMILES string of the molecule is Cc1cccc(C(c2cccc(Cl)c2)N2CCC(C(=O)O)CC2)n1. The standard InChI is InChI=1S/C19H21ClN2O2/c1-13-4-2-7-17(21-13)18(15-5-3-6-16(20)12-15)22-10-8-14(9-11-22)19(23)24/h2-7,12,14,18H,8-11H2,1H3,(H,23,24). The number of carboxylic acids is 1. The molecule has 126 valence electrons. The Morgan fingerprint density at radius 2 is 1.96 bits per heavy atom. The molecule has 1 atom stereocenters. The largest absolute Gasteiger partial charge is 0.481 e. The number of likely N-dealkylation sites (tertiary alicyclic amines) is 1. The number of rotatable bonds is 4. The van der Waals surface area contributed by atoms with Gasteiger partial charge >= 0.3 is 5.97 Å². The van der Waals surface area contributed by atoms with Crippen LogP contribution in [0.15, 0.2) is 42.5 Å². The Morgan fingerprint density at radius 3 is 2.58 bits per heavy atom. The van der Waals surface area contributed by atoms with Crippen molar-refractivity contribution in [3.8, 4) is 0 Å². The van der Waals surface area contributed by atoms with E-state index in [-0.39, 0.29) is 12.0 Å². The summed E-state index contributed by atoms with van der Waals surface area (Å²) in [5, 5.41) is 9.92. The lowest BCUT2D eigenvalue weighted by molar-refractivity contribution is -0.143. The Morgan fingerprint density at radius 1 is 1.25 bits per heavy atom. The highest BCUT2D eigenvalue weighted by molar-refractivity contribution is 6.30. The summed E-state index contributed by atoms with van der Waals surface area (Å²) in [6.07, 6.45) is 1.33. The van der Waals surface area contributed by atoms with Gasteiger partial charge in [-0.1, -0.05) is 29.8 Å². The molecule has 1 aromatic carbocycles. The van der Waals surface area contributed by atoms with Crippen LogP contribution in [0.2, 0.25) is 5.02 Å². The third-order valence-corrected chi connectivity index (χ3v) is 4.83. The number of aryl methyl sites for hydroxylation is 1. The molecule has 0 spiro atoms. The van der Waals surface area contributed by atoms with Crippen molar-refractivity contribution >= 4 is 17.6 Å². The summed E-state index contributed by atoms with van der Waals surface area (Å²) in [7, 11) is 0. The highest BCUT2D eigenvalue weighted by Gasteiger charge is 2.30. The number of nitrogens with zero attached hydrogens (tertiary/aromatic N) is 2.